The van der Waals surface area contributed by atoms with Gasteiger partial charge in [-0.2, -0.15) is 0 Å². The minimum absolute atomic E-state index is 0.000504. The molecular formula is C15H17NO6S. The molecule has 1 amide bonds. The van der Waals surface area contributed by atoms with Crippen molar-refractivity contribution in [2.24, 2.45) is 0 Å². The van der Waals surface area contributed by atoms with E-state index in [1.165, 1.54) is 33.1 Å². The van der Waals surface area contributed by atoms with Crippen molar-refractivity contribution in [2.75, 3.05) is 12.9 Å². The number of nitrogens with one attached hydrogen (secondary N) is 1. The van der Waals surface area contributed by atoms with Crippen LogP contribution in [0.2, 0.25) is 0 Å². The number of hydrogen-bond acceptors (Lipinski definition) is 7. The highest BCUT2D eigenvalue weighted by molar-refractivity contribution is 8.14. The molecule has 0 radical (unpaired) electrons. The van der Waals surface area contributed by atoms with Crippen molar-refractivity contribution in [2.45, 2.75) is 19.9 Å². The Balaban J connectivity index is 2.80. The van der Waals surface area contributed by atoms with E-state index in [2.05, 4.69) is 10.1 Å². The third-order valence-corrected chi connectivity index (χ3v) is 3.59. The molecular weight excluding hydrogens is 322 g/mol. The van der Waals surface area contributed by atoms with Gasteiger partial charge in [-0.3, -0.25) is 14.4 Å². The summed E-state index contributed by atoms with van der Waals surface area (Å²) in [4.78, 5) is 46.0. The van der Waals surface area contributed by atoms with E-state index in [0.29, 0.717) is 0 Å². The molecule has 7 nitrogen and oxygen atoms in total. The van der Waals surface area contributed by atoms with E-state index in [0.717, 1.165) is 11.8 Å². The minimum Gasteiger partial charge on any atom is -0.467 e. The van der Waals surface area contributed by atoms with Crippen LogP contribution in [0.4, 0.5) is 0 Å². The van der Waals surface area contributed by atoms with Gasteiger partial charge in [-0.1, -0.05) is 23.9 Å². The Kier molecular flexibility index (Phi) is 7.27. The molecule has 1 aromatic rings. The first kappa shape index (κ1) is 18.7. The number of methoxy groups -OCH3 is 1. The van der Waals surface area contributed by atoms with Gasteiger partial charge in [0.1, 0.15) is 11.8 Å². The zero-order valence-corrected chi connectivity index (χ0v) is 13.8. The summed E-state index contributed by atoms with van der Waals surface area (Å²) in [5.41, 5.74) is 0.208. The standard InChI is InChI=1S/C15H17NO6S/c1-9(17)16-12(14(19)21-3)8-23-15(20)11-6-4-5-7-13(11)22-10(2)18/h4-7,12H,8H2,1-3H3,(H,16,17)/t12-/m0/s1. The van der Waals surface area contributed by atoms with Crippen LogP contribution in [0.25, 0.3) is 0 Å². The average molecular weight is 339 g/mol. The highest BCUT2D eigenvalue weighted by Gasteiger charge is 2.23. The maximum absolute atomic E-state index is 12.3. The summed E-state index contributed by atoms with van der Waals surface area (Å²) in [5.74, 6) is -1.45. The van der Waals surface area contributed by atoms with E-state index in [4.69, 9.17) is 4.74 Å². The molecule has 0 bridgehead atoms. The predicted molar refractivity (Wildman–Crippen MR) is 84.2 cm³/mol. The number of benzene rings is 1. The Bertz CT molecular complexity index is 616. The summed E-state index contributed by atoms with van der Waals surface area (Å²) in [6.07, 6.45) is 0. The quantitative estimate of drug-likeness (QED) is 0.613. The smallest absolute Gasteiger partial charge is 0.329 e. The fourth-order valence-corrected chi connectivity index (χ4v) is 2.53. The van der Waals surface area contributed by atoms with Gasteiger partial charge in [0.25, 0.3) is 0 Å². The Labute approximate surface area is 137 Å². The summed E-state index contributed by atoms with van der Waals surface area (Å²) in [6.45, 7) is 2.50. The van der Waals surface area contributed by atoms with Crippen molar-refractivity contribution >= 4 is 34.7 Å². The summed E-state index contributed by atoms with van der Waals surface area (Å²) in [7, 11) is 1.19. The number of ether oxygens (including phenoxy) is 2. The lowest BCUT2D eigenvalue weighted by Gasteiger charge is -2.15. The van der Waals surface area contributed by atoms with Gasteiger partial charge in [0.05, 0.1) is 12.7 Å². The number of thioether (sulfide) groups is 1. The molecule has 1 aromatic carbocycles. The molecule has 0 heterocycles. The van der Waals surface area contributed by atoms with Gasteiger partial charge in [0, 0.05) is 19.6 Å². The SMILES string of the molecule is COC(=O)[C@H](CSC(=O)c1ccccc1OC(C)=O)NC(C)=O. The van der Waals surface area contributed by atoms with Crippen molar-refractivity contribution in [3.63, 3.8) is 0 Å². The number of carbonyl (C=O) groups is 4. The van der Waals surface area contributed by atoms with Gasteiger partial charge in [0.15, 0.2) is 0 Å². The summed E-state index contributed by atoms with van der Waals surface area (Å²) >= 11 is 0.819. The van der Waals surface area contributed by atoms with Crippen LogP contribution in [0.5, 0.6) is 5.75 Å². The highest BCUT2D eigenvalue weighted by Crippen LogP contribution is 2.24. The molecule has 8 heteroatoms. The lowest BCUT2D eigenvalue weighted by atomic mass is 10.2. The largest absolute Gasteiger partial charge is 0.467 e. The van der Waals surface area contributed by atoms with Gasteiger partial charge in [-0.15, -0.1) is 0 Å². The molecule has 1 rings (SSSR count). The van der Waals surface area contributed by atoms with Gasteiger partial charge in [0.2, 0.25) is 11.0 Å². The number of rotatable bonds is 6. The van der Waals surface area contributed by atoms with Gasteiger partial charge in [-0.25, -0.2) is 4.79 Å². The molecule has 1 atom stereocenters. The molecule has 0 unspecified atom stereocenters. The first-order valence-electron chi connectivity index (χ1n) is 6.64. The first-order valence-corrected chi connectivity index (χ1v) is 7.63. The second-order valence-corrected chi connectivity index (χ2v) is 5.46. The van der Waals surface area contributed by atoms with E-state index in [1.807, 2.05) is 0 Å². The number of amides is 1. The van der Waals surface area contributed by atoms with Gasteiger partial charge < -0.3 is 14.8 Å². The maximum Gasteiger partial charge on any atom is 0.329 e. The lowest BCUT2D eigenvalue weighted by Crippen LogP contribution is -2.42. The topological polar surface area (TPSA) is 98.8 Å². The predicted octanol–water partition coefficient (Wildman–Crippen LogP) is 1.16. The summed E-state index contributed by atoms with van der Waals surface area (Å²) in [5, 5.41) is 2.02. The number of hydrogen-bond donors (Lipinski definition) is 1. The molecule has 0 saturated carbocycles. The maximum atomic E-state index is 12.3. The van der Waals surface area contributed by atoms with Crippen LogP contribution in [0, 0.1) is 0 Å². The van der Waals surface area contributed by atoms with Crippen LogP contribution in [0.1, 0.15) is 24.2 Å². The Morgan fingerprint density at radius 2 is 1.83 bits per heavy atom. The van der Waals surface area contributed by atoms with E-state index in [1.54, 1.807) is 12.1 Å². The molecule has 0 aliphatic rings. The minimum atomic E-state index is -0.938. The molecule has 124 valence electrons. The third-order valence-electron chi connectivity index (χ3n) is 2.60. The van der Waals surface area contributed by atoms with Crippen LogP contribution >= 0.6 is 11.8 Å². The van der Waals surface area contributed by atoms with Crippen LogP contribution in [0.15, 0.2) is 24.3 Å². The van der Waals surface area contributed by atoms with E-state index < -0.39 is 23.9 Å². The van der Waals surface area contributed by atoms with Crippen LogP contribution in [-0.2, 0) is 19.1 Å². The van der Waals surface area contributed by atoms with Crippen molar-refractivity contribution < 1.29 is 28.7 Å². The summed E-state index contributed by atoms with van der Waals surface area (Å²) in [6, 6.07) is 5.34. The molecule has 0 aliphatic carbocycles. The van der Waals surface area contributed by atoms with E-state index in [9.17, 15) is 19.2 Å². The van der Waals surface area contributed by atoms with E-state index in [-0.39, 0.29) is 22.2 Å². The Morgan fingerprint density at radius 1 is 1.17 bits per heavy atom. The number of carbonyl (C=O) groups excluding carboxylic acids is 4. The zero-order chi connectivity index (χ0) is 17.4. The number of para-hydroxylation sites is 1. The van der Waals surface area contributed by atoms with Gasteiger partial charge in [-0.05, 0) is 12.1 Å². The second-order valence-electron chi connectivity index (χ2n) is 4.46. The zero-order valence-electron chi connectivity index (χ0n) is 13.0. The molecule has 0 saturated heterocycles. The second kappa shape index (κ2) is 8.94. The van der Waals surface area contributed by atoms with Crippen molar-refractivity contribution in [3.05, 3.63) is 29.8 Å². The highest BCUT2D eigenvalue weighted by atomic mass is 32.2. The van der Waals surface area contributed by atoms with E-state index >= 15 is 0 Å². The lowest BCUT2D eigenvalue weighted by molar-refractivity contribution is -0.144. The molecule has 0 aliphatic heterocycles. The van der Waals surface area contributed by atoms with Crippen LogP contribution in [0.3, 0.4) is 0 Å². The monoisotopic (exact) mass is 339 g/mol. The normalized spacial score (nSPS) is 11.3. The molecule has 0 fully saturated rings. The fraction of sp³-hybridized carbons (Fsp3) is 0.333. The van der Waals surface area contributed by atoms with Crippen molar-refractivity contribution in [1.29, 1.82) is 0 Å². The van der Waals surface area contributed by atoms with Gasteiger partial charge >= 0.3 is 11.9 Å². The molecule has 0 aromatic heterocycles. The first-order chi connectivity index (χ1) is 10.8. The molecule has 1 N–H and O–H groups in total. The Morgan fingerprint density at radius 3 is 2.39 bits per heavy atom. The average Bonchev–Trinajstić information content (AvgIpc) is 2.49. The Hall–Kier alpha value is -2.35. The number of esters is 2. The van der Waals surface area contributed by atoms with Crippen molar-refractivity contribution in [1.82, 2.24) is 5.32 Å². The fourth-order valence-electron chi connectivity index (χ4n) is 1.67. The molecule has 23 heavy (non-hydrogen) atoms. The third kappa shape index (κ3) is 6.11. The summed E-state index contributed by atoms with van der Waals surface area (Å²) < 4.78 is 9.55. The van der Waals surface area contributed by atoms with Crippen LogP contribution < -0.4 is 10.1 Å². The van der Waals surface area contributed by atoms with Crippen LogP contribution in [-0.4, -0.2) is 41.9 Å². The molecule has 0 spiro atoms. The van der Waals surface area contributed by atoms with Crippen molar-refractivity contribution in [3.8, 4) is 5.75 Å².